The summed E-state index contributed by atoms with van der Waals surface area (Å²) < 4.78 is 0. The molecule has 3 unspecified atom stereocenters. The molecule has 1 saturated heterocycles. The lowest BCUT2D eigenvalue weighted by Crippen LogP contribution is -2.33. The van der Waals surface area contributed by atoms with Crippen LogP contribution in [0.1, 0.15) is 32.1 Å². The normalized spacial score (nSPS) is 32.8. The molecule has 1 aliphatic heterocycles. The lowest BCUT2D eigenvalue weighted by molar-refractivity contribution is -0.130. The molecule has 1 amide bonds. The van der Waals surface area contributed by atoms with Gasteiger partial charge in [0.15, 0.2) is 0 Å². The predicted octanol–water partition coefficient (Wildman–Crippen LogP) is 1.54. The van der Waals surface area contributed by atoms with Crippen LogP contribution in [0, 0.1) is 11.8 Å². The number of carbonyl (C=O) groups is 1. The summed E-state index contributed by atoms with van der Waals surface area (Å²) in [4.78, 5) is 13.9. The van der Waals surface area contributed by atoms with E-state index in [1.807, 2.05) is 11.0 Å². The SMILES string of the molecule is C=CCCCC(=O)N1CC2CCC(N)C2C1. The summed E-state index contributed by atoms with van der Waals surface area (Å²) in [6, 6.07) is 0.330. The Kier molecular flexibility index (Phi) is 3.64. The molecule has 0 bridgehead atoms. The zero-order valence-corrected chi connectivity index (χ0v) is 9.90. The van der Waals surface area contributed by atoms with Crippen molar-refractivity contribution in [3.8, 4) is 0 Å². The molecule has 1 saturated carbocycles. The van der Waals surface area contributed by atoms with E-state index < -0.39 is 0 Å². The molecule has 0 aromatic heterocycles. The van der Waals surface area contributed by atoms with Crippen molar-refractivity contribution in [2.45, 2.75) is 38.1 Å². The summed E-state index contributed by atoms with van der Waals surface area (Å²) in [7, 11) is 0. The van der Waals surface area contributed by atoms with Gasteiger partial charge in [-0.1, -0.05) is 6.08 Å². The second kappa shape index (κ2) is 5.00. The van der Waals surface area contributed by atoms with Crippen molar-refractivity contribution >= 4 is 5.91 Å². The van der Waals surface area contributed by atoms with E-state index >= 15 is 0 Å². The van der Waals surface area contributed by atoms with Crippen molar-refractivity contribution < 1.29 is 4.79 Å². The fourth-order valence-corrected chi connectivity index (χ4v) is 3.07. The number of hydrogen-bond acceptors (Lipinski definition) is 2. The predicted molar refractivity (Wildman–Crippen MR) is 64.8 cm³/mol. The van der Waals surface area contributed by atoms with Gasteiger partial charge in [-0.05, 0) is 37.5 Å². The van der Waals surface area contributed by atoms with E-state index in [1.54, 1.807) is 0 Å². The topological polar surface area (TPSA) is 46.3 Å². The van der Waals surface area contributed by atoms with Crippen LogP contribution in [0.2, 0.25) is 0 Å². The standard InChI is InChI=1S/C13H22N2O/c1-2-3-4-5-13(16)15-8-10-6-7-12(14)11(10)9-15/h2,10-12H,1,3-9,14H2. The van der Waals surface area contributed by atoms with Gasteiger partial charge in [0.1, 0.15) is 0 Å². The molecule has 0 radical (unpaired) electrons. The minimum atomic E-state index is 0.309. The molecule has 3 nitrogen and oxygen atoms in total. The van der Waals surface area contributed by atoms with Gasteiger partial charge in [-0.3, -0.25) is 4.79 Å². The molecule has 0 aromatic carbocycles. The van der Waals surface area contributed by atoms with Crippen LogP contribution in [0.25, 0.3) is 0 Å². The molecule has 2 rings (SSSR count). The number of unbranched alkanes of at least 4 members (excludes halogenated alkanes) is 1. The Balaban J connectivity index is 1.80. The highest BCUT2D eigenvalue weighted by atomic mass is 16.2. The highest BCUT2D eigenvalue weighted by Gasteiger charge is 2.42. The van der Waals surface area contributed by atoms with E-state index in [4.69, 9.17) is 5.73 Å². The summed E-state index contributed by atoms with van der Waals surface area (Å²) in [6.45, 7) is 5.52. The lowest BCUT2D eigenvalue weighted by Gasteiger charge is -2.18. The van der Waals surface area contributed by atoms with Gasteiger partial charge in [0.2, 0.25) is 5.91 Å². The second-order valence-corrected chi connectivity index (χ2v) is 5.14. The minimum Gasteiger partial charge on any atom is -0.342 e. The molecule has 90 valence electrons. The summed E-state index contributed by atoms with van der Waals surface area (Å²) >= 11 is 0. The molecule has 1 heterocycles. The van der Waals surface area contributed by atoms with Gasteiger partial charge in [0.25, 0.3) is 0 Å². The zero-order chi connectivity index (χ0) is 11.5. The monoisotopic (exact) mass is 222 g/mol. The summed E-state index contributed by atoms with van der Waals surface area (Å²) in [5, 5.41) is 0. The van der Waals surface area contributed by atoms with Gasteiger partial charge in [0.05, 0.1) is 0 Å². The summed E-state index contributed by atoms with van der Waals surface area (Å²) in [5.41, 5.74) is 6.05. The molecule has 2 aliphatic rings. The quantitative estimate of drug-likeness (QED) is 0.579. The van der Waals surface area contributed by atoms with Crippen LogP contribution < -0.4 is 5.73 Å². The van der Waals surface area contributed by atoms with E-state index in [0.29, 0.717) is 30.2 Å². The largest absolute Gasteiger partial charge is 0.342 e. The van der Waals surface area contributed by atoms with Gasteiger partial charge in [0, 0.05) is 25.6 Å². The number of hydrogen-bond donors (Lipinski definition) is 1. The number of carbonyl (C=O) groups excluding carboxylic acids is 1. The first-order valence-corrected chi connectivity index (χ1v) is 6.36. The number of likely N-dealkylation sites (tertiary alicyclic amines) is 1. The number of amides is 1. The maximum atomic E-state index is 11.9. The molecule has 1 aliphatic carbocycles. The van der Waals surface area contributed by atoms with Crippen molar-refractivity contribution in [3.05, 3.63) is 12.7 Å². The van der Waals surface area contributed by atoms with Gasteiger partial charge in [-0.25, -0.2) is 0 Å². The van der Waals surface area contributed by atoms with Crippen molar-refractivity contribution in [1.29, 1.82) is 0 Å². The van der Waals surface area contributed by atoms with E-state index in [2.05, 4.69) is 6.58 Å². The Labute approximate surface area is 97.7 Å². The van der Waals surface area contributed by atoms with Crippen LogP contribution in [0.4, 0.5) is 0 Å². The number of nitrogens with zero attached hydrogens (tertiary/aromatic N) is 1. The van der Waals surface area contributed by atoms with Crippen molar-refractivity contribution in [1.82, 2.24) is 4.90 Å². The van der Waals surface area contributed by atoms with Crippen LogP contribution in [0.5, 0.6) is 0 Å². The Bertz CT molecular complexity index is 277. The summed E-state index contributed by atoms with van der Waals surface area (Å²) in [6.07, 6.45) is 6.77. The van der Waals surface area contributed by atoms with Crippen LogP contribution in [0.15, 0.2) is 12.7 Å². The third kappa shape index (κ3) is 2.29. The Hall–Kier alpha value is -0.830. The van der Waals surface area contributed by atoms with Crippen molar-refractivity contribution in [2.24, 2.45) is 17.6 Å². The molecular weight excluding hydrogens is 200 g/mol. The van der Waals surface area contributed by atoms with Gasteiger partial charge < -0.3 is 10.6 Å². The van der Waals surface area contributed by atoms with Crippen molar-refractivity contribution in [3.63, 3.8) is 0 Å². The average Bonchev–Trinajstić information content (AvgIpc) is 2.82. The molecule has 3 heteroatoms. The molecule has 0 aromatic rings. The van der Waals surface area contributed by atoms with E-state index in [0.717, 1.165) is 32.4 Å². The fraction of sp³-hybridized carbons (Fsp3) is 0.769. The minimum absolute atomic E-state index is 0.309. The third-order valence-corrected chi connectivity index (χ3v) is 4.06. The van der Waals surface area contributed by atoms with Gasteiger partial charge in [-0.2, -0.15) is 0 Å². The van der Waals surface area contributed by atoms with Crippen LogP contribution in [0.3, 0.4) is 0 Å². The highest BCUT2D eigenvalue weighted by Crippen LogP contribution is 2.37. The van der Waals surface area contributed by atoms with Gasteiger partial charge >= 0.3 is 0 Å². The zero-order valence-electron chi connectivity index (χ0n) is 9.90. The summed E-state index contributed by atoms with van der Waals surface area (Å²) in [5.74, 6) is 1.56. The average molecular weight is 222 g/mol. The maximum Gasteiger partial charge on any atom is 0.222 e. The van der Waals surface area contributed by atoms with Crippen LogP contribution in [-0.4, -0.2) is 29.9 Å². The number of nitrogens with two attached hydrogens (primary N) is 1. The van der Waals surface area contributed by atoms with E-state index in [-0.39, 0.29) is 0 Å². The van der Waals surface area contributed by atoms with E-state index in [9.17, 15) is 4.79 Å². The highest BCUT2D eigenvalue weighted by molar-refractivity contribution is 5.76. The maximum absolute atomic E-state index is 11.9. The Morgan fingerprint density at radius 2 is 2.25 bits per heavy atom. The third-order valence-electron chi connectivity index (χ3n) is 4.06. The van der Waals surface area contributed by atoms with Crippen LogP contribution >= 0.6 is 0 Å². The Morgan fingerprint density at radius 3 is 2.94 bits per heavy atom. The first kappa shape index (κ1) is 11.6. The smallest absolute Gasteiger partial charge is 0.222 e. The molecule has 2 fully saturated rings. The van der Waals surface area contributed by atoms with E-state index in [1.165, 1.54) is 6.42 Å². The van der Waals surface area contributed by atoms with Gasteiger partial charge in [-0.15, -0.1) is 6.58 Å². The molecule has 3 atom stereocenters. The molecule has 16 heavy (non-hydrogen) atoms. The Morgan fingerprint density at radius 1 is 1.44 bits per heavy atom. The number of rotatable bonds is 4. The van der Waals surface area contributed by atoms with Crippen LogP contribution in [-0.2, 0) is 4.79 Å². The second-order valence-electron chi connectivity index (χ2n) is 5.14. The number of fused-ring (bicyclic) bond motifs is 1. The van der Waals surface area contributed by atoms with Crippen molar-refractivity contribution in [2.75, 3.05) is 13.1 Å². The molecule has 0 spiro atoms. The fourth-order valence-electron chi connectivity index (χ4n) is 3.07. The molecular formula is C13H22N2O. The molecule has 2 N–H and O–H groups in total. The lowest BCUT2D eigenvalue weighted by atomic mass is 9.98. The first-order valence-electron chi connectivity index (χ1n) is 6.36. The first-order chi connectivity index (χ1) is 7.72. The number of allylic oxidation sites excluding steroid dienone is 1.